The first kappa shape index (κ1) is 10.2. The summed E-state index contributed by atoms with van der Waals surface area (Å²) in [5, 5.41) is 3.84. The zero-order chi connectivity index (χ0) is 9.84. The van der Waals surface area contributed by atoms with Crippen LogP contribution >= 0.6 is 11.3 Å². The molecule has 1 unspecified atom stereocenters. The highest BCUT2D eigenvalue weighted by atomic mass is 32.1. The Balaban J connectivity index is 2.58. The minimum absolute atomic E-state index is 0.0335. The van der Waals surface area contributed by atoms with Crippen LogP contribution in [0.2, 0.25) is 0 Å². The molecule has 1 aromatic rings. The molecule has 1 heterocycles. The van der Waals surface area contributed by atoms with Gasteiger partial charge in [0.2, 0.25) is 5.91 Å². The van der Waals surface area contributed by atoms with Gasteiger partial charge in [-0.15, -0.1) is 11.3 Å². The normalized spacial score (nSPS) is 12.5. The van der Waals surface area contributed by atoms with E-state index >= 15 is 0 Å². The average molecular weight is 198 g/mol. The minimum Gasteiger partial charge on any atom is -0.347 e. The highest BCUT2D eigenvalue weighted by molar-refractivity contribution is 7.11. The van der Waals surface area contributed by atoms with Crippen molar-refractivity contribution in [2.75, 3.05) is 0 Å². The van der Waals surface area contributed by atoms with Crippen LogP contribution in [0.3, 0.4) is 0 Å². The van der Waals surface area contributed by atoms with Crippen LogP contribution in [0.1, 0.15) is 36.2 Å². The van der Waals surface area contributed by atoms with Gasteiger partial charge < -0.3 is 5.32 Å². The van der Waals surface area contributed by atoms with E-state index in [0.29, 0.717) is 6.42 Å². The summed E-state index contributed by atoms with van der Waals surface area (Å²) in [7, 11) is 0. The van der Waals surface area contributed by atoms with E-state index in [4.69, 9.17) is 0 Å². The number of rotatable bonds is 3. The van der Waals surface area contributed by atoms with Gasteiger partial charge in [-0.2, -0.15) is 0 Å². The molecule has 0 aliphatic rings. The largest absolute Gasteiger partial charge is 0.347 e. The van der Waals surface area contributed by atoms with Crippen LogP contribution in [0, 0.1) is 6.92 Å². The Bertz CT molecular complexity index is 296. The number of nitrogens with zero attached hydrogens (tertiary/aromatic N) is 1. The van der Waals surface area contributed by atoms with Gasteiger partial charge in [0.15, 0.2) is 0 Å². The maximum absolute atomic E-state index is 11.1. The predicted octanol–water partition coefficient (Wildman–Crippen LogP) is 2.04. The molecule has 1 atom stereocenters. The smallest absolute Gasteiger partial charge is 0.220 e. The van der Waals surface area contributed by atoms with Crippen molar-refractivity contribution in [2.45, 2.75) is 33.2 Å². The molecule has 0 fully saturated rings. The summed E-state index contributed by atoms with van der Waals surface area (Å²) in [6.07, 6.45) is 2.35. The zero-order valence-corrected chi connectivity index (χ0v) is 8.94. The van der Waals surface area contributed by atoms with Crippen molar-refractivity contribution in [1.29, 1.82) is 0 Å². The van der Waals surface area contributed by atoms with Crippen molar-refractivity contribution < 1.29 is 4.79 Å². The van der Waals surface area contributed by atoms with Crippen LogP contribution in [0.4, 0.5) is 0 Å². The van der Waals surface area contributed by atoms with Gasteiger partial charge in [-0.1, -0.05) is 6.92 Å². The fourth-order valence-corrected chi connectivity index (χ4v) is 1.75. The third-order valence-electron chi connectivity index (χ3n) is 1.71. The first-order valence-corrected chi connectivity index (χ1v) is 5.16. The third-order valence-corrected chi connectivity index (χ3v) is 2.80. The minimum atomic E-state index is 0.0335. The number of carbonyl (C=O) groups is 1. The number of hydrogen-bond acceptors (Lipinski definition) is 3. The molecular weight excluding hydrogens is 184 g/mol. The van der Waals surface area contributed by atoms with Crippen molar-refractivity contribution >= 4 is 17.2 Å². The quantitative estimate of drug-likeness (QED) is 0.807. The van der Waals surface area contributed by atoms with Gasteiger partial charge in [0.25, 0.3) is 0 Å². The fourth-order valence-electron chi connectivity index (χ4n) is 0.978. The molecule has 0 aromatic carbocycles. The standard InChI is InChI=1S/C9H14N2OS/c1-4-8(12)11-7(3)9-10-5-6(2)13-9/h5,7H,4H2,1-3H3,(H,11,12). The van der Waals surface area contributed by atoms with Crippen LogP contribution in [0.15, 0.2) is 6.20 Å². The monoisotopic (exact) mass is 198 g/mol. The van der Waals surface area contributed by atoms with E-state index in [-0.39, 0.29) is 11.9 Å². The Morgan fingerprint density at radius 1 is 1.77 bits per heavy atom. The molecule has 13 heavy (non-hydrogen) atoms. The molecular formula is C9H14N2OS. The first-order chi connectivity index (χ1) is 6.13. The maximum atomic E-state index is 11.1. The van der Waals surface area contributed by atoms with Crippen LogP contribution in [-0.4, -0.2) is 10.9 Å². The van der Waals surface area contributed by atoms with E-state index in [1.807, 2.05) is 27.0 Å². The predicted molar refractivity (Wildman–Crippen MR) is 53.7 cm³/mol. The average Bonchev–Trinajstić information content (AvgIpc) is 2.51. The van der Waals surface area contributed by atoms with E-state index < -0.39 is 0 Å². The SMILES string of the molecule is CCC(=O)NC(C)c1ncc(C)s1. The Kier molecular flexibility index (Phi) is 3.42. The van der Waals surface area contributed by atoms with Gasteiger partial charge in [0.05, 0.1) is 6.04 Å². The lowest BCUT2D eigenvalue weighted by molar-refractivity contribution is -0.121. The van der Waals surface area contributed by atoms with Crippen molar-refractivity contribution in [3.05, 3.63) is 16.1 Å². The third kappa shape index (κ3) is 2.81. The van der Waals surface area contributed by atoms with Crippen LogP contribution < -0.4 is 5.32 Å². The molecule has 72 valence electrons. The van der Waals surface area contributed by atoms with Gasteiger partial charge in [-0.25, -0.2) is 4.98 Å². The fraction of sp³-hybridized carbons (Fsp3) is 0.556. The number of hydrogen-bond donors (Lipinski definition) is 1. The molecule has 0 saturated carbocycles. The van der Waals surface area contributed by atoms with Crippen LogP contribution in [0.5, 0.6) is 0 Å². The Morgan fingerprint density at radius 3 is 2.92 bits per heavy atom. The van der Waals surface area contributed by atoms with E-state index in [2.05, 4.69) is 10.3 Å². The van der Waals surface area contributed by atoms with Gasteiger partial charge in [-0.3, -0.25) is 4.79 Å². The molecule has 0 aliphatic carbocycles. The van der Waals surface area contributed by atoms with Crippen molar-refractivity contribution in [1.82, 2.24) is 10.3 Å². The summed E-state index contributed by atoms with van der Waals surface area (Å²) in [5.41, 5.74) is 0. The van der Waals surface area contributed by atoms with Gasteiger partial charge in [-0.05, 0) is 13.8 Å². The molecule has 1 aromatic heterocycles. The number of carbonyl (C=O) groups excluding carboxylic acids is 1. The second-order valence-electron chi connectivity index (χ2n) is 2.95. The Hall–Kier alpha value is -0.900. The number of thiazole rings is 1. The number of amides is 1. The molecule has 0 aliphatic heterocycles. The van der Waals surface area contributed by atoms with E-state index in [1.165, 1.54) is 4.88 Å². The van der Waals surface area contributed by atoms with E-state index in [9.17, 15) is 4.79 Å². The summed E-state index contributed by atoms with van der Waals surface area (Å²) < 4.78 is 0. The summed E-state index contributed by atoms with van der Waals surface area (Å²) in [6, 6.07) is 0.0335. The molecule has 1 N–H and O–H groups in total. The molecule has 0 spiro atoms. The maximum Gasteiger partial charge on any atom is 0.220 e. The molecule has 3 nitrogen and oxygen atoms in total. The summed E-state index contributed by atoms with van der Waals surface area (Å²) >= 11 is 1.62. The van der Waals surface area contributed by atoms with E-state index in [1.54, 1.807) is 11.3 Å². The summed E-state index contributed by atoms with van der Waals surface area (Å²) in [5.74, 6) is 0.0698. The van der Waals surface area contributed by atoms with Gasteiger partial charge in [0.1, 0.15) is 5.01 Å². The molecule has 4 heteroatoms. The number of aryl methyl sites for hydroxylation is 1. The topological polar surface area (TPSA) is 42.0 Å². The van der Waals surface area contributed by atoms with Crippen LogP contribution in [-0.2, 0) is 4.79 Å². The highest BCUT2D eigenvalue weighted by Gasteiger charge is 2.10. The van der Waals surface area contributed by atoms with Gasteiger partial charge in [0, 0.05) is 17.5 Å². The van der Waals surface area contributed by atoms with Crippen molar-refractivity contribution in [3.8, 4) is 0 Å². The summed E-state index contributed by atoms with van der Waals surface area (Å²) in [4.78, 5) is 16.4. The zero-order valence-electron chi connectivity index (χ0n) is 8.13. The Morgan fingerprint density at radius 2 is 2.46 bits per heavy atom. The second-order valence-corrected chi connectivity index (χ2v) is 4.22. The lowest BCUT2D eigenvalue weighted by atomic mass is 10.3. The molecule has 0 radical (unpaired) electrons. The number of nitrogens with one attached hydrogen (secondary N) is 1. The highest BCUT2D eigenvalue weighted by Crippen LogP contribution is 2.18. The Labute approximate surface area is 82.2 Å². The van der Waals surface area contributed by atoms with Crippen molar-refractivity contribution in [2.24, 2.45) is 0 Å². The molecule has 0 bridgehead atoms. The van der Waals surface area contributed by atoms with Crippen molar-refractivity contribution in [3.63, 3.8) is 0 Å². The first-order valence-electron chi connectivity index (χ1n) is 4.35. The lowest BCUT2D eigenvalue weighted by Crippen LogP contribution is -2.25. The lowest BCUT2D eigenvalue weighted by Gasteiger charge is -2.09. The molecule has 1 amide bonds. The molecule has 1 rings (SSSR count). The van der Waals surface area contributed by atoms with Crippen LogP contribution in [0.25, 0.3) is 0 Å². The summed E-state index contributed by atoms with van der Waals surface area (Å²) in [6.45, 7) is 5.80. The van der Waals surface area contributed by atoms with Gasteiger partial charge >= 0.3 is 0 Å². The second kappa shape index (κ2) is 4.37. The molecule has 0 saturated heterocycles. The van der Waals surface area contributed by atoms with E-state index in [0.717, 1.165) is 5.01 Å². The number of aromatic nitrogens is 1.